The third kappa shape index (κ3) is 3.74. The van der Waals surface area contributed by atoms with E-state index in [0.717, 1.165) is 21.3 Å². The largest absolute Gasteiger partial charge is 0.322 e. The fourth-order valence-electron chi connectivity index (χ4n) is 1.75. The summed E-state index contributed by atoms with van der Waals surface area (Å²) < 4.78 is 0. The van der Waals surface area contributed by atoms with Crippen LogP contribution in [0.1, 0.15) is 10.7 Å². The summed E-state index contributed by atoms with van der Waals surface area (Å²) in [6.07, 6.45) is 1.99. The van der Waals surface area contributed by atoms with Crippen LogP contribution in [0.5, 0.6) is 0 Å². The van der Waals surface area contributed by atoms with E-state index in [-0.39, 0.29) is 6.03 Å². The number of hydrogen-bond acceptors (Lipinski definition) is 4. The number of aryl methyl sites for hydroxylation is 1. The van der Waals surface area contributed by atoms with E-state index in [1.807, 2.05) is 42.8 Å². The molecule has 2 rings (SSSR count). The molecule has 0 aliphatic heterocycles. The van der Waals surface area contributed by atoms with Gasteiger partial charge in [0.2, 0.25) is 0 Å². The van der Waals surface area contributed by atoms with Crippen LogP contribution in [0.15, 0.2) is 34.5 Å². The van der Waals surface area contributed by atoms with Gasteiger partial charge in [0.25, 0.3) is 0 Å². The zero-order valence-electron chi connectivity index (χ0n) is 11.7. The Balaban J connectivity index is 2.00. The molecule has 1 aromatic heterocycles. The first-order chi connectivity index (χ1) is 9.60. The van der Waals surface area contributed by atoms with Crippen molar-refractivity contribution in [1.82, 2.24) is 9.88 Å². The Labute approximate surface area is 127 Å². The summed E-state index contributed by atoms with van der Waals surface area (Å²) in [4.78, 5) is 19.2. The van der Waals surface area contributed by atoms with Crippen molar-refractivity contribution in [1.29, 1.82) is 0 Å². The van der Waals surface area contributed by atoms with E-state index < -0.39 is 0 Å². The quantitative estimate of drug-likeness (QED) is 0.873. The molecule has 4 nitrogen and oxygen atoms in total. The van der Waals surface area contributed by atoms with E-state index in [9.17, 15) is 4.79 Å². The van der Waals surface area contributed by atoms with Crippen LogP contribution in [0.4, 0.5) is 10.5 Å². The molecule has 0 bridgehead atoms. The Hall–Kier alpha value is -1.53. The molecule has 0 aliphatic rings. The number of rotatable bonds is 4. The molecule has 1 heterocycles. The number of carbonyl (C=O) groups excluding carboxylic acids is 1. The number of aromatic nitrogens is 1. The maximum absolute atomic E-state index is 12.2. The number of carbonyl (C=O) groups is 1. The molecule has 0 radical (unpaired) electrons. The number of thiazole rings is 1. The SMILES string of the molecule is CSc1ccccc1NC(=O)N(C)Cc1csc(C)n1. The van der Waals surface area contributed by atoms with Crippen molar-refractivity contribution in [3.8, 4) is 0 Å². The first-order valence-electron chi connectivity index (χ1n) is 6.16. The summed E-state index contributed by atoms with van der Waals surface area (Å²) >= 11 is 3.21. The maximum atomic E-state index is 12.2. The highest BCUT2D eigenvalue weighted by atomic mass is 32.2. The number of nitrogens with one attached hydrogen (secondary N) is 1. The Morgan fingerprint density at radius 3 is 2.85 bits per heavy atom. The highest BCUT2D eigenvalue weighted by Gasteiger charge is 2.12. The van der Waals surface area contributed by atoms with E-state index in [1.165, 1.54) is 0 Å². The number of urea groups is 1. The highest BCUT2D eigenvalue weighted by molar-refractivity contribution is 7.98. The monoisotopic (exact) mass is 307 g/mol. The van der Waals surface area contributed by atoms with Gasteiger partial charge >= 0.3 is 6.03 Å². The third-order valence-electron chi connectivity index (χ3n) is 2.76. The van der Waals surface area contributed by atoms with Crippen molar-refractivity contribution in [3.05, 3.63) is 40.3 Å². The van der Waals surface area contributed by atoms with Crippen LogP contribution >= 0.6 is 23.1 Å². The van der Waals surface area contributed by atoms with Crippen LogP contribution in [-0.2, 0) is 6.54 Å². The molecule has 0 aliphatic carbocycles. The van der Waals surface area contributed by atoms with E-state index in [0.29, 0.717) is 6.54 Å². The second-order valence-electron chi connectivity index (χ2n) is 4.34. The van der Waals surface area contributed by atoms with Crippen LogP contribution in [0.3, 0.4) is 0 Å². The lowest BCUT2D eigenvalue weighted by Crippen LogP contribution is -2.31. The lowest BCUT2D eigenvalue weighted by molar-refractivity contribution is 0.220. The molecule has 6 heteroatoms. The standard InChI is InChI=1S/C14H17N3OS2/c1-10-15-11(9-20-10)8-17(2)14(18)16-12-6-4-5-7-13(12)19-3/h4-7,9H,8H2,1-3H3,(H,16,18). The van der Waals surface area contributed by atoms with Gasteiger partial charge in [-0.25, -0.2) is 9.78 Å². The van der Waals surface area contributed by atoms with Crippen LogP contribution in [0.2, 0.25) is 0 Å². The fraction of sp³-hybridized carbons (Fsp3) is 0.286. The second kappa shape index (κ2) is 6.76. The molecular formula is C14H17N3OS2. The van der Waals surface area contributed by atoms with Crippen molar-refractivity contribution in [2.45, 2.75) is 18.4 Å². The minimum Gasteiger partial charge on any atom is -0.322 e. The van der Waals surface area contributed by atoms with E-state index >= 15 is 0 Å². The topological polar surface area (TPSA) is 45.2 Å². The van der Waals surface area contributed by atoms with Gasteiger partial charge in [-0.2, -0.15) is 0 Å². The van der Waals surface area contributed by atoms with Crippen molar-refractivity contribution in [2.75, 3.05) is 18.6 Å². The number of thioether (sulfide) groups is 1. The molecule has 0 saturated carbocycles. The van der Waals surface area contributed by atoms with Gasteiger partial charge in [0, 0.05) is 17.3 Å². The number of anilines is 1. The van der Waals surface area contributed by atoms with Crippen molar-refractivity contribution >= 4 is 34.8 Å². The second-order valence-corrected chi connectivity index (χ2v) is 6.25. The third-order valence-corrected chi connectivity index (χ3v) is 4.38. The number of para-hydroxylation sites is 1. The molecule has 0 fully saturated rings. The molecule has 2 aromatic rings. The van der Waals surface area contributed by atoms with Gasteiger partial charge in [0.1, 0.15) is 0 Å². The lowest BCUT2D eigenvalue weighted by atomic mass is 10.3. The minimum atomic E-state index is -0.128. The van der Waals surface area contributed by atoms with Crippen molar-refractivity contribution in [3.63, 3.8) is 0 Å². The van der Waals surface area contributed by atoms with Gasteiger partial charge in [-0.3, -0.25) is 0 Å². The maximum Gasteiger partial charge on any atom is 0.321 e. The van der Waals surface area contributed by atoms with Crippen LogP contribution in [0.25, 0.3) is 0 Å². The Bertz CT molecular complexity index is 598. The number of benzene rings is 1. The molecule has 1 N–H and O–H groups in total. The fourth-order valence-corrected chi connectivity index (χ4v) is 2.91. The van der Waals surface area contributed by atoms with Gasteiger partial charge < -0.3 is 10.2 Å². The van der Waals surface area contributed by atoms with Crippen LogP contribution in [0, 0.1) is 6.92 Å². The Kier molecular flexibility index (Phi) is 5.03. The smallest absolute Gasteiger partial charge is 0.321 e. The average molecular weight is 307 g/mol. The molecule has 0 atom stereocenters. The molecule has 2 amide bonds. The van der Waals surface area contributed by atoms with Gasteiger partial charge in [-0.1, -0.05) is 12.1 Å². The van der Waals surface area contributed by atoms with Gasteiger partial charge in [-0.15, -0.1) is 23.1 Å². The minimum absolute atomic E-state index is 0.128. The first-order valence-corrected chi connectivity index (χ1v) is 8.26. The van der Waals surface area contributed by atoms with Crippen molar-refractivity contribution < 1.29 is 4.79 Å². The normalized spacial score (nSPS) is 10.3. The highest BCUT2D eigenvalue weighted by Crippen LogP contribution is 2.24. The zero-order valence-corrected chi connectivity index (χ0v) is 13.3. The van der Waals surface area contributed by atoms with Crippen molar-refractivity contribution in [2.24, 2.45) is 0 Å². The summed E-state index contributed by atoms with van der Waals surface area (Å²) in [5.74, 6) is 0. The molecular weight excluding hydrogens is 290 g/mol. The number of nitrogens with zero attached hydrogens (tertiary/aromatic N) is 2. The number of amides is 2. The predicted molar refractivity (Wildman–Crippen MR) is 85.6 cm³/mol. The van der Waals surface area contributed by atoms with Crippen LogP contribution in [-0.4, -0.2) is 29.2 Å². The Morgan fingerprint density at radius 2 is 2.20 bits per heavy atom. The van der Waals surface area contributed by atoms with Gasteiger partial charge in [-0.05, 0) is 25.3 Å². The van der Waals surface area contributed by atoms with E-state index in [2.05, 4.69) is 10.3 Å². The summed E-state index contributed by atoms with van der Waals surface area (Å²) in [7, 11) is 1.77. The molecule has 0 unspecified atom stereocenters. The summed E-state index contributed by atoms with van der Waals surface area (Å²) in [5.41, 5.74) is 1.76. The van der Waals surface area contributed by atoms with Gasteiger partial charge in [0.05, 0.1) is 22.9 Å². The lowest BCUT2D eigenvalue weighted by Gasteiger charge is -2.18. The first kappa shape index (κ1) is 14.9. The number of hydrogen-bond donors (Lipinski definition) is 1. The molecule has 20 heavy (non-hydrogen) atoms. The van der Waals surface area contributed by atoms with Gasteiger partial charge in [0.15, 0.2) is 0 Å². The molecule has 1 aromatic carbocycles. The molecule has 106 valence electrons. The van der Waals surface area contributed by atoms with E-state index in [1.54, 1.807) is 35.0 Å². The average Bonchev–Trinajstić information content (AvgIpc) is 2.84. The summed E-state index contributed by atoms with van der Waals surface area (Å²) in [5, 5.41) is 5.93. The molecule has 0 saturated heterocycles. The zero-order chi connectivity index (χ0) is 14.5. The summed E-state index contributed by atoms with van der Waals surface area (Å²) in [6, 6.07) is 7.65. The molecule has 0 spiro atoms. The van der Waals surface area contributed by atoms with Crippen LogP contribution < -0.4 is 5.32 Å². The predicted octanol–water partition coefficient (Wildman–Crippen LogP) is 3.84. The summed E-state index contributed by atoms with van der Waals surface area (Å²) in [6.45, 7) is 2.47. The Morgan fingerprint density at radius 1 is 1.45 bits per heavy atom. The van der Waals surface area contributed by atoms with E-state index in [4.69, 9.17) is 0 Å².